The number of pyridine rings is 1. The van der Waals surface area contributed by atoms with Gasteiger partial charge in [0.1, 0.15) is 11.6 Å². The van der Waals surface area contributed by atoms with Gasteiger partial charge in [-0.1, -0.05) is 23.7 Å². The Morgan fingerprint density at radius 3 is 2.37 bits per heavy atom. The number of aromatic nitrogens is 3. The predicted molar refractivity (Wildman–Crippen MR) is 154 cm³/mol. The number of benzene rings is 2. The van der Waals surface area contributed by atoms with E-state index in [1.54, 1.807) is 48.8 Å². The van der Waals surface area contributed by atoms with Crippen LogP contribution < -0.4 is 10.1 Å². The molecule has 0 saturated carbocycles. The Morgan fingerprint density at radius 1 is 1.05 bits per heavy atom. The van der Waals surface area contributed by atoms with Crippen molar-refractivity contribution >= 4 is 35.6 Å². The third-order valence-corrected chi connectivity index (χ3v) is 6.84. The Kier molecular flexibility index (Phi) is 10.4. The molecule has 4 aromatic rings. The summed E-state index contributed by atoms with van der Waals surface area (Å²) in [6.45, 7) is 1.14. The van der Waals surface area contributed by atoms with Crippen LogP contribution in [0.25, 0.3) is 0 Å². The molecule has 2 aromatic heterocycles. The number of piperidine rings is 1. The first kappa shape index (κ1) is 29.3. The predicted octanol–water partition coefficient (Wildman–Crippen LogP) is 5.54. The molecule has 0 atom stereocenters. The number of hydrogen-bond donors (Lipinski definition) is 3. The van der Waals surface area contributed by atoms with Gasteiger partial charge < -0.3 is 25.0 Å². The second-order valence-electron chi connectivity index (χ2n) is 9.32. The van der Waals surface area contributed by atoms with Crippen molar-refractivity contribution < 1.29 is 24.2 Å². The normalized spacial score (nSPS) is 13.0. The van der Waals surface area contributed by atoms with Crippen LogP contribution >= 0.6 is 11.6 Å². The maximum Gasteiger partial charge on any atom is 0.290 e. The molecule has 11 heteroatoms. The number of halogens is 1. The molecule has 2 aromatic carbocycles. The van der Waals surface area contributed by atoms with Gasteiger partial charge in [0.05, 0.1) is 5.02 Å². The highest BCUT2D eigenvalue weighted by Crippen LogP contribution is 2.30. The Hall–Kier alpha value is -4.70. The lowest BCUT2D eigenvalue weighted by Crippen LogP contribution is -2.37. The van der Waals surface area contributed by atoms with Crippen molar-refractivity contribution in [3.05, 3.63) is 101 Å². The van der Waals surface area contributed by atoms with Crippen LogP contribution in [0.5, 0.6) is 11.6 Å². The van der Waals surface area contributed by atoms with E-state index in [-0.39, 0.29) is 18.3 Å². The topological polar surface area (TPSA) is 138 Å². The Balaban J connectivity index is 0.00000124. The molecule has 3 N–H and O–H groups in total. The van der Waals surface area contributed by atoms with Crippen LogP contribution in [-0.4, -0.2) is 56.3 Å². The fourth-order valence-corrected chi connectivity index (χ4v) is 4.65. The zero-order chi connectivity index (χ0) is 29.0. The molecule has 0 unspecified atom stereocenters. The number of likely N-dealkylation sites (tertiary alicyclic amines) is 1. The van der Waals surface area contributed by atoms with Crippen molar-refractivity contribution in [1.82, 2.24) is 19.9 Å². The maximum atomic E-state index is 13.0. The zero-order valence-corrected chi connectivity index (χ0v) is 23.0. The van der Waals surface area contributed by atoms with Crippen LogP contribution in [0.4, 0.5) is 5.69 Å². The third-order valence-electron chi connectivity index (χ3n) is 6.62. The monoisotopic (exact) mass is 575 g/mol. The standard InChI is InChI=1S/C29H28ClN5O3.CH2O2/c30-23-5-12-28(33-19-23)38-25-8-3-22(4-9-25)29(37)35-17-13-21(14-18-35)20-1-6-24(7-2-20)34-27(36)11-10-26-31-15-16-32-26;2-1-3/h1-9,12,15-16,19,21H,10-11,13-14,17-18H2,(H,31,32)(H,34,36);1H,(H,2,3). The number of imidazole rings is 1. The molecule has 5 rings (SSSR count). The quantitative estimate of drug-likeness (QED) is 0.234. The Labute approximate surface area is 242 Å². The van der Waals surface area contributed by atoms with Crippen molar-refractivity contribution in [3.63, 3.8) is 0 Å². The van der Waals surface area contributed by atoms with Gasteiger partial charge in [-0.15, -0.1) is 0 Å². The number of H-pyrrole nitrogens is 1. The second kappa shape index (κ2) is 14.6. The van der Waals surface area contributed by atoms with Gasteiger partial charge in [0, 0.05) is 61.8 Å². The molecule has 212 valence electrons. The Morgan fingerprint density at radius 2 is 1.76 bits per heavy atom. The lowest BCUT2D eigenvalue weighted by molar-refractivity contribution is -0.123. The second-order valence-corrected chi connectivity index (χ2v) is 9.76. The van der Waals surface area contributed by atoms with Crippen molar-refractivity contribution in [2.75, 3.05) is 18.4 Å². The van der Waals surface area contributed by atoms with Crippen molar-refractivity contribution in [2.24, 2.45) is 0 Å². The van der Waals surface area contributed by atoms with E-state index < -0.39 is 0 Å². The highest BCUT2D eigenvalue weighted by molar-refractivity contribution is 6.30. The van der Waals surface area contributed by atoms with E-state index in [1.165, 1.54) is 11.8 Å². The van der Waals surface area contributed by atoms with Crippen molar-refractivity contribution in [2.45, 2.75) is 31.6 Å². The molecule has 1 aliphatic heterocycles. The average Bonchev–Trinajstić information content (AvgIpc) is 3.52. The van der Waals surface area contributed by atoms with Crippen LogP contribution in [0.1, 0.15) is 46.9 Å². The SMILES string of the molecule is O=C(CCc1ncc[nH]1)Nc1ccc(C2CCN(C(=O)c3ccc(Oc4ccc(Cl)cn4)cc3)CC2)cc1.O=CO. The molecule has 2 amide bonds. The van der Waals surface area contributed by atoms with Crippen LogP contribution in [0.15, 0.2) is 79.3 Å². The van der Waals surface area contributed by atoms with E-state index in [4.69, 9.17) is 26.2 Å². The minimum atomic E-state index is -0.250. The molecular formula is C30H30ClN5O5. The molecule has 0 aliphatic carbocycles. The Bertz CT molecular complexity index is 1400. The van der Waals surface area contributed by atoms with Crippen LogP contribution in [-0.2, 0) is 16.0 Å². The summed E-state index contributed by atoms with van der Waals surface area (Å²) in [4.78, 5) is 46.8. The summed E-state index contributed by atoms with van der Waals surface area (Å²) >= 11 is 5.86. The van der Waals surface area contributed by atoms with Gasteiger partial charge in [0.2, 0.25) is 11.8 Å². The van der Waals surface area contributed by atoms with E-state index in [0.717, 1.165) is 24.4 Å². The molecule has 3 heterocycles. The maximum absolute atomic E-state index is 13.0. The van der Waals surface area contributed by atoms with Gasteiger partial charge in [0.15, 0.2) is 0 Å². The van der Waals surface area contributed by atoms with Gasteiger partial charge >= 0.3 is 0 Å². The molecule has 41 heavy (non-hydrogen) atoms. The number of carbonyl (C=O) groups excluding carboxylic acids is 2. The van der Waals surface area contributed by atoms with Crippen LogP contribution in [0.2, 0.25) is 5.02 Å². The van der Waals surface area contributed by atoms with Gasteiger partial charge in [-0.05, 0) is 66.8 Å². The highest BCUT2D eigenvalue weighted by Gasteiger charge is 2.24. The molecule has 1 saturated heterocycles. The van der Waals surface area contributed by atoms with Crippen molar-refractivity contribution in [1.29, 1.82) is 0 Å². The number of hydrogen-bond acceptors (Lipinski definition) is 6. The van der Waals surface area contributed by atoms with Gasteiger partial charge in [0.25, 0.3) is 12.4 Å². The average molecular weight is 576 g/mol. The summed E-state index contributed by atoms with van der Waals surface area (Å²) in [7, 11) is 0. The minimum Gasteiger partial charge on any atom is -0.483 e. The van der Waals surface area contributed by atoms with E-state index >= 15 is 0 Å². The number of aryl methyl sites for hydroxylation is 1. The number of nitrogens with zero attached hydrogens (tertiary/aromatic N) is 3. The summed E-state index contributed by atoms with van der Waals surface area (Å²) in [6.07, 6.45) is 7.69. The largest absolute Gasteiger partial charge is 0.483 e. The number of anilines is 1. The number of carboxylic acid groups (broad SMARTS) is 1. The first-order chi connectivity index (χ1) is 19.9. The summed E-state index contributed by atoms with van der Waals surface area (Å²) in [5.41, 5.74) is 2.64. The number of carbonyl (C=O) groups is 3. The first-order valence-electron chi connectivity index (χ1n) is 13.1. The van der Waals surface area contributed by atoms with Gasteiger partial charge in [-0.25, -0.2) is 9.97 Å². The van der Waals surface area contributed by atoms with E-state index in [2.05, 4.69) is 32.4 Å². The van der Waals surface area contributed by atoms with Crippen LogP contribution in [0.3, 0.4) is 0 Å². The fourth-order valence-electron chi connectivity index (χ4n) is 4.54. The van der Waals surface area contributed by atoms with Crippen LogP contribution in [0, 0.1) is 0 Å². The molecule has 10 nitrogen and oxygen atoms in total. The van der Waals surface area contributed by atoms with E-state index in [1.807, 2.05) is 17.0 Å². The van der Waals surface area contributed by atoms with Crippen molar-refractivity contribution in [3.8, 4) is 11.6 Å². The summed E-state index contributed by atoms with van der Waals surface area (Å²) in [5, 5.41) is 10.4. The third kappa shape index (κ3) is 8.64. The van der Waals surface area contributed by atoms with E-state index in [0.29, 0.717) is 54.1 Å². The van der Waals surface area contributed by atoms with Gasteiger partial charge in [-0.2, -0.15) is 0 Å². The number of ether oxygens (including phenoxy) is 1. The summed E-state index contributed by atoms with van der Waals surface area (Å²) in [5.74, 6) is 2.21. The molecule has 1 fully saturated rings. The van der Waals surface area contributed by atoms with Gasteiger partial charge in [-0.3, -0.25) is 14.4 Å². The summed E-state index contributed by atoms with van der Waals surface area (Å²) < 4.78 is 5.71. The zero-order valence-electron chi connectivity index (χ0n) is 22.2. The minimum absolute atomic E-state index is 0.0206. The summed E-state index contributed by atoms with van der Waals surface area (Å²) in [6, 6.07) is 18.5. The number of amides is 2. The number of rotatable bonds is 8. The molecular weight excluding hydrogens is 546 g/mol. The lowest BCUT2D eigenvalue weighted by atomic mass is 9.89. The first-order valence-corrected chi connectivity index (χ1v) is 13.5. The number of aromatic amines is 1. The highest BCUT2D eigenvalue weighted by atomic mass is 35.5. The molecule has 0 bridgehead atoms. The molecule has 0 radical (unpaired) electrons. The lowest BCUT2D eigenvalue weighted by Gasteiger charge is -2.32. The molecule has 0 spiro atoms. The molecule has 1 aliphatic rings. The van der Waals surface area contributed by atoms with E-state index in [9.17, 15) is 9.59 Å². The smallest absolute Gasteiger partial charge is 0.290 e. The fraction of sp³-hybridized carbons (Fsp3) is 0.233. The number of nitrogens with one attached hydrogen (secondary N) is 2.